The number of thiocarbonyl (C=S) groups is 1. The van der Waals surface area contributed by atoms with E-state index in [0.717, 1.165) is 11.4 Å². The Morgan fingerprint density at radius 2 is 2.38 bits per heavy atom. The van der Waals surface area contributed by atoms with Crippen LogP contribution in [0.5, 0.6) is 0 Å². The Hall–Kier alpha value is -0.940. The van der Waals surface area contributed by atoms with Crippen molar-refractivity contribution in [3.63, 3.8) is 0 Å². The molecule has 0 aromatic carbocycles. The molecular weight excluding hydrogens is 202 g/mol. The van der Waals surface area contributed by atoms with Crippen LogP contribution in [-0.2, 0) is 0 Å². The molecule has 13 heavy (non-hydrogen) atoms. The Labute approximate surface area is 87.7 Å². The smallest absolute Gasteiger partial charge is 0.150 e. The molecule has 0 unspecified atom stereocenters. The van der Waals surface area contributed by atoms with Crippen LogP contribution in [0.1, 0.15) is 12.6 Å². The molecule has 1 N–H and O–H groups in total. The molecule has 1 rings (SSSR count). The molecule has 0 radical (unpaired) electrons. The van der Waals surface area contributed by atoms with Gasteiger partial charge in [0.05, 0.1) is 11.4 Å². The summed E-state index contributed by atoms with van der Waals surface area (Å²) < 4.78 is 0.343. The first-order chi connectivity index (χ1) is 6.20. The lowest BCUT2D eigenvalue weighted by atomic mass is 10.3. The minimum absolute atomic E-state index is 0.343. The molecule has 0 bridgehead atoms. The number of hydrazone groups is 1. The highest BCUT2D eigenvalue weighted by atomic mass is 32.1. The molecule has 0 atom stereocenters. The van der Waals surface area contributed by atoms with Crippen molar-refractivity contribution in [2.24, 2.45) is 5.10 Å². The van der Waals surface area contributed by atoms with Crippen LogP contribution in [0.2, 0.25) is 0 Å². The molecular formula is C8H9N3S2. The Balaban J connectivity index is 2.73. The largest absolute Gasteiger partial charge is 0.262 e. The summed E-state index contributed by atoms with van der Waals surface area (Å²) >= 11 is 8.57. The second-order valence-corrected chi connectivity index (χ2v) is 3.49. The lowest BCUT2D eigenvalue weighted by molar-refractivity contribution is 1.05. The summed E-state index contributed by atoms with van der Waals surface area (Å²) in [4.78, 5) is 4.12. The summed E-state index contributed by atoms with van der Waals surface area (Å²) in [5.41, 5.74) is 4.18. The van der Waals surface area contributed by atoms with E-state index in [2.05, 4.69) is 40.4 Å². The van der Waals surface area contributed by atoms with Gasteiger partial charge in [-0.05, 0) is 19.1 Å². The van der Waals surface area contributed by atoms with Gasteiger partial charge in [-0.1, -0.05) is 18.3 Å². The predicted molar refractivity (Wildman–Crippen MR) is 61.2 cm³/mol. The molecule has 0 aliphatic heterocycles. The van der Waals surface area contributed by atoms with Gasteiger partial charge in [-0.2, -0.15) is 5.10 Å². The number of aromatic nitrogens is 1. The minimum Gasteiger partial charge on any atom is -0.262 e. The number of nitrogens with zero attached hydrogens (tertiary/aromatic N) is 2. The van der Waals surface area contributed by atoms with E-state index < -0.39 is 0 Å². The van der Waals surface area contributed by atoms with E-state index in [9.17, 15) is 0 Å². The third-order valence-electron chi connectivity index (χ3n) is 1.35. The Bertz CT molecular complexity index is 321. The number of pyridine rings is 1. The number of hydrogen-bond acceptors (Lipinski definition) is 3. The Morgan fingerprint density at radius 3 is 2.92 bits per heavy atom. The van der Waals surface area contributed by atoms with Gasteiger partial charge >= 0.3 is 0 Å². The van der Waals surface area contributed by atoms with Crippen LogP contribution in [0.4, 0.5) is 0 Å². The SMILES string of the molecule is C/C(=N\NC(=S)S)c1ccccn1. The summed E-state index contributed by atoms with van der Waals surface area (Å²) in [7, 11) is 0. The van der Waals surface area contributed by atoms with Crippen molar-refractivity contribution in [3.05, 3.63) is 30.1 Å². The van der Waals surface area contributed by atoms with E-state index in [-0.39, 0.29) is 0 Å². The third-order valence-corrected chi connectivity index (χ3v) is 1.55. The number of rotatable bonds is 2. The predicted octanol–water partition coefficient (Wildman–Crippen LogP) is 1.61. The van der Waals surface area contributed by atoms with Crippen LogP contribution < -0.4 is 5.43 Å². The lowest BCUT2D eigenvalue weighted by Gasteiger charge is -1.99. The molecule has 0 fully saturated rings. The van der Waals surface area contributed by atoms with Gasteiger partial charge in [0, 0.05) is 6.20 Å². The van der Waals surface area contributed by atoms with Crippen LogP contribution in [-0.4, -0.2) is 15.0 Å². The first kappa shape index (κ1) is 10.1. The molecule has 0 amide bonds. The zero-order valence-corrected chi connectivity index (χ0v) is 8.77. The molecule has 0 saturated carbocycles. The Kier molecular flexibility index (Phi) is 3.85. The van der Waals surface area contributed by atoms with E-state index in [1.165, 1.54) is 0 Å². The fourth-order valence-corrected chi connectivity index (χ4v) is 0.861. The van der Waals surface area contributed by atoms with Crippen LogP contribution in [0, 0.1) is 0 Å². The van der Waals surface area contributed by atoms with Gasteiger partial charge in [-0.15, -0.1) is 12.6 Å². The number of thiol groups is 1. The number of nitrogens with one attached hydrogen (secondary N) is 1. The molecule has 0 aliphatic carbocycles. The second-order valence-electron chi connectivity index (χ2n) is 2.33. The van der Waals surface area contributed by atoms with Gasteiger partial charge in [0.2, 0.25) is 0 Å². The molecule has 0 aliphatic rings. The van der Waals surface area contributed by atoms with E-state index in [1.807, 2.05) is 25.1 Å². The van der Waals surface area contributed by atoms with Crippen molar-refractivity contribution in [1.29, 1.82) is 0 Å². The molecule has 0 spiro atoms. The molecule has 1 aromatic rings. The van der Waals surface area contributed by atoms with Crippen molar-refractivity contribution in [1.82, 2.24) is 10.4 Å². The average molecular weight is 211 g/mol. The molecule has 5 heteroatoms. The van der Waals surface area contributed by atoms with Crippen molar-refractivity contribution < 1.29 is 0 Å². The monoisotopic (exact) mass is 211 g/mol. The molecule has 1 aromatic heterocycles. The average Bonchev–Trinajstić information content (AvgIpc) is 2.15. The van der Waals surface area contributed by atoms with E-state index in [0.29, 0.717) is 4.32 Å². The first-order valence-electron chi connectivity index (χ1n) is 3.65. The lowest BCUT2D eigenvalue weighted by Crippen LogP contribution is -2.11. The van der Waals surface area contributed by atoms with Crippen molar-refractivity contribution in [2.75, 3.05) is 0 Å². The van der Waals surface area contributed by atoms with Gasteiger partial charge in [0.15, 0.2) is 4.32 Å². The minimum atomic E-state index is 0.343. The van der Waals surface area contributed by atoms with Gasteiger partial charge in [0.1, 0.15) is 0 Å². The highest BCUT2D eigenvalue weighted by Crippen LogP contribution is 1.95. The maximum atomic E-state index is 4.69. The summed E-state index contributed by atoms with van der Waals surface area (Å²) in [6.07, 6.45) is 1.72. The molecule has 3 nitrogen and oxygen atoms in total. The standard InChI is InChI=1S/C8H9N3S2/c1-6(10-11-8(12)13)7-4-2-3-5-9-7/h2-5H,1H3,(H2,11,12,13)/b10-6+. The maximum absolute atomic E-state index is 4.69. The summed E-state index contributed by atoms with van der Waals surface area (Å²) in [5, 5.41) is 3.98. The van der Waals surface area contributed by atoms with Crippen LogP contribution in [0.3, 0.4) is 0 Å². The number of hydrogen-bond donors (Lipinski definition) is 2. The molecule has 1 heterocycles. The van der Waals surface area contributed by atoms with E-state index in [4.69, 9.17) is 0 Å². The third kappa shape index (κ3) is 3.52. The van der Waals surface area contributed by atoms with Crippen LogP contribution in [0.25, 0.3) is 0 Å². The highest BCUT2D eigenvalue weighted by Gasteiger charge is 1.96. The topological polar surface area (TPSA) is 37.3 Å². The van der Waals surface area contributed by atoms with Crippen molar-refractivity contribution in [2.45, 2.75) is 6.92 Å². The zero-order chi connectivity index (χ0) is 9.68. The van der Waals surface area contributed by atoms with Gasteiger partial charge < -0.3 is 0 Å². The van der Waals surface area contributed by atoms with E-state index in [1.54, 1.807) is 6.20 Å². The highest BCUT2D eigenvalue weighted by molar-refractivity contribution is 8.11. The van der Waals surface area contributed by atoms with Gasteiger partial charge in [-0.25, -0.2) is 0 Å². The summed E-state index contributed by atoms with van der Waals surface area (Å²) in [6.45, 7) is 1.85. The molecule has 0 saturated heterocycles. The van der Waals surface area contributed by atoms with Crippen LogP contribution >= 0.6 is 24.8 Å². The maximum Gasteiger partial charge on any atom is 0.150 e. The van der Waals surface area contributed by atoms with Gasteiger partial charge in [-0.3, -0.25) is 10.4 Å². The fourth-order valence-electron chi connectivity index (χ4n) is 0.766. The van der Waals surface area contributed by atoms with Gasteiger partial charge in [0.25, 0.3) is 0 Å². The van der Waals surface area contributed by atoms with Crippen molar-refractivity contribution >= 4 is 34.9 Å². The van der Waals surface area contributed by atoms with E-state index >= 15 is 0 Å². The quantitative estimate of drug-likeness (QED) is 0.338. The normalized spacial score (nSPS) is 11.1. The van der Waals surface area contributed by atoms with Crippen LogP contribution in [0.15, 0.2) is 29.5 Å². The molecule has 68 valence electrons. The van der Waals surface area contributed by atoms with Crippen molar-refractivity contribution in [3.8, 4) is 0 Å². The zero-order valence-electron chi connectivity index (χ0n) is 7.06. The summed E-state index contributed by atoms with van der Waals surface area (Å²) in [6, 6.07) is 5.63. The second kappa shape index (κ2) is 4.94. The fraction of sp³-hybridized carbons (Fsp3) is 0.125. The first-order valence-corrected chi connectivity index (χ1v) is 4.50. The Morgan fingerprint density at radius 1 is 1.62 bits per heavy atom. The summed E-state index contributed by atoms with van der Waals surface area (Å²) in [5.74, 6) is 0.